The van der Waals surface area contributed by atoms with Crippen LogP contribution < -0.4 is 5.32 Å². The summed E-state index contributed by atoms with van der Waals surface area (Å²) in [5.41, 5.74) is 0. The van der Waals surface area contributed by atoms with Gasteiger partial charge in [0.2, 0.25) is 5.91 Å². The maximum atomic E-state index is 11.7. The van der Waals surface area contributed by atoms with Crippen LogP contribution in [0, 0.1) is 0 Å². The molecule has 0 aliphatic carbocycles. The molecule has 1 aliphatic rings. The summed E-state index contributed by atoms with van der Waals surface area (Å²) in [7, 11) is 1.79. The molecular formula is C10H21ClN2O2. The van der Waals surface area contributed by atoms with E-state index in [1.54, 1.807) is 7.05 Å². The third kappa shape index (κ3) is 3.97. The van der Waals surface area contributed by atoms with Gasteiger partial charge in [0.15, 0.2) is 0 Å². The van der Waals surface area contributed by atoms with Crippen LogP contribution in [0.25, 0.3) is 0 Å². The summed E-state index contributed by atoms with van der Waals surface area (Å²) in [5.74, 6) is 0.175. The topological polar surface area (TPSA) is 41.6 Å². The van der Waals surface area contributed by atoms with Gasteiger partial charge in [-0.05, 0) is 20.4 Å². The molecule has 15 heavy (non-hydrogen) atoms. The van der Waals surface area contributed by atoms with E-state index in [4.69, 9.17) is 4.74 Å². The number of halogens is 1. The summed E-state index contributed by atoms with van der Waals surface area (Å²) < 4.78 is 5.53. The lowest BCUT2D eigenvalue weighted by Gasteiger charge is -2.38. The van der Waals surface area contributed by atoms with Crippen molar-refractivity contribution < 1.29 is 9.53 Å². The Morgan fingerprint density at radius 3 is 2.80 bits per heavy atom. The lowest BCUT2D eigenvalue weighted by molar-refractivity contribution is -0.143. The summed E-state index contributed by atoms with van der Waals surface area (Å²) >= 11 is 0. The van der Waals surface area contributed by atoms with Crippen molar-refractivity contribution in [2.75, 3.05) is 26.7 Å². The van der Waals surface area contributed by atoms with Crippen molar-refractivity contribution >= 4 is 18.3 Å². The smallest absolute Gasteiger partial charge is 0.236 e. The number of amides is 1. The molecule has 0 saturated carbocycles. The van der Waals surface area contributed by atoms with Gasteiger partial charge < -0.3 is 15.0 Å². The second-order valence-corrected chi connectivity index (χ2v) is 3.78. The molecule has 0 spiro atoms. The zero-order valence-electron chi connectivity index (χ0n) is 9.66. The third-order valence-electron chi connectivity index (χ3n) is 2.59. The van der Waals surface area contributed by atoms with Crippen LogP contribution in [0.5, 0.6) is 0 Å². The van der Waals surface area contributed by atoms with E-state index in [1.807, 2.05) is 11.8 Å². The molecule has 5 heteroatoms. The number of nitrogens with zero attached hydrogens (tertiary/aromatic N) is 1. The molecule has 2 atom stereocenters. The molecule has 1 heterocycles. The highest BCUT2D eigenvalue weighted by Gasteiger charge is 2.28. The second-order valence-electron chi connectivity index (χ2n) is 3.78. The summed E-state index contributed by atoms with van der Waals surface area (Å²) in [6.07, 6.45) is 1.13. The molecule has 0 aromatic rings. The maximum Gasteiger partial charge on any atom is 0.236 e. The molecule has 1 N–H and O–H groups in total. The first-order valence-electron chi connectivity index (χ1n) is 5.24. The first kappa shape index (κ1) is 14.7. The van der Waals surface area contributed by atoms with Gasteiger partial charge in [-0.25, -0.2) is 0 Å². The Bertz CT molecular complexity index is 202. The van der Waals surface area contributed by atoms with Gasteiger partial charge in [0.05, 0.1) is 25.3 Å². The van der Waals surface area contributed by atoms with E-state index in [0.29, 0.717) is 13.2 Å². The molecule has 1 amide bonds. The van der Waals surface area contributed by atoms with E-state index < -0.39 is 0 Å². The van der Waals surface area contributed by atoms with Crippen LogP contribution in [0.4, 0.5) is 0 Å². The van der Waals surface area contributed by atoms with Gasteiger partial charge >= 0.3 is 0 Å². The summed E-state index contributed by atoms with van der Waals surface area (Å²) in [5, 5.41) is 2.89. The van der Waals surface area contributed by atoms with Crippen molar-refractivity contribution in [2.24, 2.45) is 0 Å². The van der Waals surface area contributed by atoms with Crippen LogP contribution in [0.3, 0.4) is 0 Å². The fourth-order valence-corrected chi connectivity index (χ4v) is 1.74. The average Bonchev–Trinajstić information content (AvgIpc) is 2.18. The van der Waals surface area contributed by atoms with Gasteiger partial charge in [0.25, 0.3) is 0 Å². The molecule has 1 aliphatic heterocycles. The molecule has 1 rings (SSSR count). The number of hydrogen-bond donors (Lipinski definition) is 1. The van der Waals surface area contributed by atoms with Gasteiger partial charge in [-0.2, -0.15) is 0 Å². The second kappa shape index (κ2) is 7.04. The van der Waals surface area contributed by atoms with Crippen LogP contribution in [0.1, 0.15) is 20.3 Å². The van der Waals surface area contributed by atoms with E-state index in [-0.39, 0.29) is 30.5 Å². The largest absolute Gasteiger partial charge is 0.375 e. The van der Waals surface area contributed by atoms with Gasteiger partial charge in [0.1, 0.15) is 0 Å². The SMILES string of the molecule is CCC1COC(C)CN1C(=O)CNC.Cl. The van der Waals surface area contributed by atoms with Crippen LogP contribution in [0.2, 0.25) is 0 Å². The van der Waals surface area contributed by atoms with E-state index in [0.717, 1.165) is 13.0 Å². The van der Waals surface area contributed by atoms with Crippen LogP contribution >= 0.6 is 12.4 Å². The maximum absolute atomic E-state index is 11.7. The number of nitrogens with one attached hydrogen (secondary N) is 1. The van der Waals surface area contributed by atoms with Crippen LogP contribution in [-0.2, 0) is 9.53 Å². The van der Waals surface area contributed by atoms with Gasteiger partial charge in [-0.1, -0.05) is 6.92 Å². The molecule has 2 unspecified atom stereocenters. The van der Waals surface area contributed by atoms with Crippen molar-refractivity contribution in [3.63, 3.8) is 0 Å². The molecule has 90 valence electrons. The fourth-order valence-electron chi connectivity index (χ4n) is 1.74. The molecular weight excluding hydrogens is 216 g/mol. The first-order chi connectivity index (χ1) is 6.69. The lowest BCUT2D eigenvalue weighted by Crippen LogP contribution is -2.53. The normalized spacial score (nSPS) is 25.9. The van der Waals surface area contributed by atoms with Crippen LogP contribution in [0.15, 0.2) is 0 Å². The average molecular weight is 237 g/mol. The molecule has 1 saturated heterocycles. The van der Waals surface area contributed by atoms with Crippen LogP contribution in [-0.4, -0.2) is 49.7 Å². The van der Waals surface area contributed by atoms with Crippen molar-refractivity contribution in [2.45, 2.75) is 32.4 Å². The Morgan fingerprint density at radius 1 is 1.60 bits per heavy atom. The number of carbonyl (C=O) groups excluding carboxylic acids is 1. The van der Waals surface area contributed by atoms with E-state index in [9.17, 15) is 4.79 Å². The van der Waals surface area contributed by atoms with Gasteiger partial charge in [-0.3, -0.25) is 4.79 Å². The Hall–Kier alpha value is -0.320. The molecule has 0 bridgehead atoms. The Kier molecular flexibility index (Phi) is 6.89. The number of carbonyl (C=O) groups is 1. The summed E-state index contributed by atoms with van der Waals surface area (Å²) in [6, 6.07) is 0.257. The number of rotatable bonds is 3. The predicted molar refractivity (Wildman–Crippen MR) is 62.4 cm³/mol. The predicted octanol–water partition coefficient (Wildman–Crippen LogP) is 0.653. The monoisotopic (exact) mass is 236 g/mol. The van der Waals surface area contributed by atoms with Gasteiger partial charge in [-0.15, -0.1) is 12.4 Å². The minimum atomic E-state index is 0. The Labute approximate surface area is 97.8 Å². The highest BCUT2D eigenvalue weighted by atomic mass is 35.5. The standard InChI is InChI=1S/C10H20N2O2.ClH/c1-4-9-7-14-8(2)6-12(9)10(13)5-11-3;/h8-9,11H,4-7H2,1-3H3;1H. The number of morpholine rings is 1. The van der Waals surface area contributed by atoms with Gasteiger partial charge in [0, 0.05) is 6.54 Å². The minimum absolute atomic E-state index is 0. The zero-order chi connectivity index (χ0) is 10.6. The Balaban J connectivity index is 0.00000196. The molecule has 0 aromatic heterocycles. The third-order valence-corrected chi connectivity index (χ3v) is 2.59. The number of ether oxygens (including phenoxy) is 1. The molecule has 0 aromatic carbocycles. The minimum Gasteiger partial charge on any atom is -0.375 e. The summed E-state index contributed by atoms with van der Waals surface area (Å²) in [4.78, 5) is 13.7. The number of hydrogen-bond acceptors (Lipinski definition) is 3. The van der Waals surface area contributed by atoms with E-state index >= 15 is 0 Å². The highest BCUT2D eigenvalue weighted by Crippen LogP contribution is 2.14. The molecule has 1 fully saturated rings. The fraction of sp³-hybridized carbons (Fsp3) is 0.900. The van der Waals surface area contributed by atoms with E-state index in [1.165, 1.54) is 0 Å². The highest BCUT2D eigenvalue weighted by molar-refractivity contribution is 5.85. The Morgan fingerprint density at radius 2 is 2.27 bits per heavy atom. The molecule has 0 radical (unpaired) electrons. The lowest BCUT2D eigenvalue weighted by atomic mass is 10.1. The quantitative estimate of drug-likeness (QED) is 0.783. The van der Waals surface area contributed by atoms with E-state index in [2.05, 4.69) is 12.2 Å². The van der Waals surface area contributed by atoms with Crippen molar-refractivity contribution in [1.29, 1.82) is 0 Å². The summed E-state index contributed by atoms with van der Waals surface area (Å²) in [6.45, 7) is 5.91. The first-order valence-corrected chi connectivity index (χ1v) is 5.24. The number of likely N-dealkylation sites (N-methyl/N-ethyl adjacent to an activating group) is 1. The molecule has 4 nitrogen and oxygen atoms in total. The van der Waals surface area contributed by atoms with Crippen molar-refractivity contribution in [1.82, 2.24) is 10.2 Å². The zero-order valence-corrected chi connectivity index (χ0v) is 10.5. The van der Waals surface area contributed by atoms with Crippen molar-refractivity contribution in [3.8, 4) is 0 Å². The van der Waals surface area contributed by atoms with Crippen molar-refractivity contribution in [3.05, 3.63) is 0 Å².